The summed E-state index contributed by atoms with van der Waals surface area (Å²) in [5.41, 5.74) is -0.108. The largest absolute Gasteiger partial charge is 1.00 e. The number of ether oxygens (including phenoxy) is 1. The van der Waals surface area contributed by atoms with Crippen molar-refractivity contribution in [1.82, 2.24) is 0 Å². The molecule has 0 aromatic heterocycles. The van der Waals surface area contributed by atoms with Crippen molar-refractivity contribution in [1.29, 1.82) is 0 Å². The zero-order chi connectivity index (χ0) is 17.4. The minimum atomic E-state index is -1.39. The van der Waals surface area contributed by atoms with Gasteiger partial charge in [-0.2, -0.15) is 0 Å². The summed E-state index contributed by atoms with van der Waals surface area (Å²) in [6, 6.07) is 14.6. The van der Waals surface area contributed by atoms with Crippen molar-refractivity contribution in [2.24, 2.45) is 0 Å². The van der Waals surface area contributed by atoms with Crippen LogP contribution in [0.2, 0.25) is 0 Å². The van der Waals surface area contributed by atoms with Gasteiger partial charge < -0.3 is 26.8 Å². The van der Waals surface area contributed by atoms with Gasteiger partial charge >= 0.3 is 5.17 Å². The Morgan fingerprint density at radius 1 is 1.23 bits per heavy atom. The Morgan fingerprint density at radius 2 is 2.00 bits per heavy atom. The molecule has 0 saturated carbocycles. The van der Waals surface area contributed by atoms with E-state index < -0.39 is 11.5 Å². The van der Waals surface area contributed by atoms with Gasteiger partial charge in [-0.15, -0.1) is 0 Å². The van der Waals surface area contributed by atoms with E-state index in [4.69, 9.17) is 4.74 Å². The van der Waals surface area contributed by atoms with Crippen molar-refractivity contribution in [3.8, 4) is 5.75 Å². The summed E-state index contributed by atoms with van der Waals surface area (Å²) in [6.07, 6.45) is 0.955. The van der Waals surface area contributed by atoms with Crippen LogP contribution in [0.5, 0.6) is 5.75 Å². The number of anilines is 1. The Hall–Kier alpha value is -1.57. The number of methoxy groups -OCH3 is 1. The van der Waals surface area contributed by atoms with Crippen LogP contribution in [0.1, 0.15) is 12.0 Å². The molecule has 0 radical (unpaired) electrons. The molecule has 0 aliphatic carbocycles. The summed E-state index contributed by atoms with van der Waals surface area (Å²) in [4.78, 5) is 2.08. The maximum absolute atomic E-state index is 14.7. The lowest BCUT2D eigenvalue weighted by atomic mass is 10.0. The molecule has 2 aliphatic heterocycles. The highest BCUT2D eigenvalue weighted by atomic mass is 79.9. The Balaban J connectivity index is 0.00000196. The summed E-state index contributed by atoms with van der Waals surface area (Å²) in [6.45, 7) is 0.996. The monoisotopic (exact) mass is 438 g/mol. The molecule has 1 N–H and O–H groups in total. The number of benzene rings is 2. The van der Waals surface area contributed by atoms with Gasteiger partial charge in [0.15, 0.2) is 6.54 Å². The first-order valence-corrected chi connectivity index (χ1v) is 9.28. The van der Waals surface area contributed by atoms with Crippen LogP contribution in [-0.2, 0) is 5.72 Å². The lowest BCUT2D eigenvalue weighted by Crippen LogP contribution is -3.00. The van der Waals surface area contributed by atoms with E-state index >= 15 is 0 Å². The summed E-state index contributed by atoms with van der Waals surface area (Å²) < 4.78 is 21.7. The first-order valence-electron chi connectivity index (χ1n) is 8.30. The molecule has 2 heterocycles. The van der Waals surface area contributed by atoms with Gasteiger partial charge in [0.05, 0.1) is 19.2 Å². The third-order valence-corrected chi connectivity index (χ3v) is 5.91. The van der Waals surface area contributed by atoms with Crippen LogP contribution in [-0.4, -0.2) is 40.8 Å². The number of aliphatic hydroxyl groups is 1. The predicted octanol–water partition coefficient (Wildman–Crippen LogP) is 0.00900. The lowest BCUT2D eigenvalue weighted by molar-refractivity contribution is -0.657. The van der Waals surface area contributed by atoms with Crippen molar-refractivity contribution in [3.63, 3.8) is 0 Å². The van der Waals surface area contributed by atoms with E-state index in [0.717, 1.165) is 23.0 Å². The molecular weight excluding hydrogens is 419 g/mol. The van der Waals surface area contributed by atoms with Crippen LogP contribution in [0.25, 0.3) is 0 Å². The van der Waals surface area contributed by atoms with Gasteiger partial charge in [0.25, 0.3) is 5.72 Å². The number of amidine groups is 1. The fourth-order valence-electron chi connectivity index (χ4n) is 3.49. The number of para-hydroxylation sites is 1. The Morgan fingerprint density at radius 3 is 2.69 bits per heavy atom. The quantitative estimate of drug-likeness (QED) is 0.684. The van der Waals surface area contributed by atoms with Crippen molar-refractivity contribution in [2.75, 3.05) is 30.9 Å². The zero-order valence-electron chi connectivity index (χ0n) is 14.4. The van der Waals surface area contributed by atoms with Gasteiger partial charge in [0.2, 0.25) is 0 Å². The topological polar surface area (TPSA) is 35.7 Å². The van der Waals surface area contributed by atoms with Crippen LogP contribution < -0.4 is 26.6 Å². The first-order chi connectivity index (χ1) is 12.1. The van der Waals surface area contributed by atoms with Gasteiger partial charge in [0.1, 0.15) is 17.3 Å². The molecule has 2 aromatic carbocycles. The zero-order valence-corrected chi connectivity index (χ0v) is 16.8. The van der Waals surface area contributed by atoms with Crippen molar-refractivity contribution >= 4 is 22.6 Å². The fourth-order valence-corrected chi connectivity index (χ4v) is 4.67. The van der Waals surface area contributed by atoms with E-state index in [1.807, 2.05) is 34.9 Å². The first kappa shape index (κ1) is 19.2. The molecule has 0 bridgehead atoms. The SMILES string of the molecule is COc1ccc(C2(O)CN(c3ccccc3)C3=[N+]2CCCS3)c(F)c1.[Br-]. The second-order valence-corrected chi connectivity index (χ2v) is 7.28. The van der Waals surface area contributed by atoms with Crippen molar-refractivity contribution in [2.45, 2.75) is 12.1 Å². The molecule has 7 heteroatoms. The lowest BCUT2D eigenvalue weighted by Gasteiger charge is -2.24. The third kappa shape index (κ3) is 3.12. The van der Waals surface area contributed by atoms with Crippen molar-refractivity contribution < 1.29 is 35.8 Å². The number of hydrogen-bond donors (Lipinski definition) is 1. The van der Waals surface area contributed by atoms with Crippen LogP contribution in [0, 0.1) is 5.82 Å². The van der Waals surface area contributed by atoms with Crippen LogP contribution in [0.4, 0.5) is 10.1 Å². The Labute approximate surface area is 167 Å². The second kappa shape index (κ2) is 7.58. The minimum Gasteiger partial charge on any atom is -1.00 e. The van der Waals surface area contributed by atoms with Crippen LogP contribution >= 0.6 is 11.8 Å². The average Bonchev–Trinajstić information content (AvgIpc) is 2.96. The predicted molar refractivity (Wildman–Crippen MR) is 97.8 cm³/mol. The smallest absolute Gasteiger partial charge is 0.316 e. The molecule has 0 amide bonds. The number of thioether (sulfide) groups is 1. The molecule has 26 heavy (non-hydrogen) atoms. The molecule has 138 valence electrons. The third-order valence-electron chi connectivity index (χ3n) is 4.72. The highest BCUT2D eigenvalue weighted by molar-refractivity contribution is 8.13. The molecule has 0 spiro atoms. The molecular formula is C19H20BrFN2O2S. The van der Waals surface area contributed by atoms with Gasteiger partial charge in [-0.05, 0) is 42.4 Å². The molecule has 2 aliphatic rings. The maximum atomic E-state index is 14.7. The molecule has 4 nitrogen and oxygen atoms in total. The average molecular weight is 439 g/mol. The van der Waals surface area contributed by atoms with E-state index in [1.165, 1.54) is 13.2 Å². The highest BCUT2D eigenvalue weighted by Crippen LogP contribution is 2.38. The second-order valence-electron chi connectivity index (χ2n) is 6.22. The summed E-state index contributed by atoms with van der Waals surface area (Å²) in [7, 11) is 1.50. The number of halogens is 2. The number of nitrogens with zero attached hydrogens (tertiary/aromatic N) is 2. The van der Waals surface area contributed by atoms with Crippen molar-refractivity contribution in [3.05, 3.63) is 59.9 Å². The standard InChI is InChI=1S/C19H20FN2O2S.BrH/c1-24-15-8-9-16(17(20)12-15)19(23)13-21(14-6-3-2-4-7-14)18-22(19)10-5-11-25-18;/h2-4,6-9,12,23H,5,10-11,13H2,1H3;1H/q+1;/p-1. The molecule has 2 aromatic rings. The van der Waals surface area contributed by atoms with Crippen LogP contribution in [0.3, 0.4) is 0 Å². The minimum absolute atomic E-state index is 0. The van der Waals surface area contributed by atoms with Gasteiger partial charge in [0, 0.05) is 11.8 Å². The van der Waals surface area contributed by atoms with E-state index in [0.29, 0.717) is 18.8 Å². The van der Waals surface area contributed by atoms with E-state index in [2.05, 4.69) is 4.90 Å². The van der Waals surface area contributed by atoms with Gasteiger partial charge in [-0.1, -0.05) is 18.2 Å². The summed E-state index contributed by atoms with van der Waals surface area (Å²) >= 11 is 1.71. The summed E-state index contributed by atoms with van der Waals surface area (Å²) in [5, 5.41) is 12.5. The molecule has 4 rings (SSSR count). The molecule has 1 unspecified atom stereocenters. The number of hydrogen-bond acceptors (Lipinski definition) is 4. The van der Waals surface area contributed by atoms with E-state index in [-0.39, 0.29) is 22.5 Å². The normalized spacial score (nSPS) is 22.0. The van der Waals surface area contributed by atoms with E-state index in [1.54, 1.807) is 23.9 Å². The highest BCUT2D eigenvalue weighted by Gasteiger charge is 2.54. The number of rotatable bonds is 3. The fraction of sp³-hybridized carbons (Fsp3) is 0.316. The Bertz CT molecular complexity index is 834. The maximum Gasteiger partial charge on any atom is 0.316 e. The van der Waals surface area contributed by atoms with Gasteiger partial charge in [-0.25, -0.2) is 13.9 Å². The molecule has 0 fully saturated rings. The van der Waals surface area contributed by atoms with Gasteiger partial charge in [-0.3, -0.25) is 0 Å². The van der Waals surface area contributed by atoms with E-state index in [9.17, 15) is 9.50 Å². The molecule has 0 saturated heterocycles. The van der Waals surface area contributed by atoms with Crippen LogP contribution in [0.15, 0.2) is 48.5 Å². The Kier molecular flexibility index (Phi) is 5.60. The number of β-amino-alcohol motifs (C(OH)–C–C–N with tert-alkyl or cyclic N) is 1. The molecule has 1 atom stereocenters. The summed E-state index contributed by atoms with van der Waals surface area (Å²) in [5.74, 6) is 0.989.